The standard InChI is InChI=1S/C13H23/c1-4-5-6-12(3)13-9-7-11(2)8-10-13/h7,12-13H,1,4-6,8-10H2,2-3H3. The van der Waals surface area contributed by atoms with Crippen LogP contribution in [0.25, 0.3) is 0 Å². The third-order valence-corrected chi connectivity index (χ3v) is 3.39. The predicted molar refractivity (Wildman–Crippen MR) is 59.5 cm³/mol. The molecular formula is C13H23. The van der Waals surface area contributed by atoms with Crippen LogP contribution in [-0.2, 0) is 0 Å². The van der Waals surface area contributed by atoms with Crippen molar-refractivity contribution in [2.24, 2.45) is 11.8 Å². The van der Waals surface area contributed by atoms with Crippen molar-refractivity contribution >= 4 is 0 Å². The van der Waals surface area contributed by atoms with E-state index in [4.69, 9.17) is 0 Å². The van der Waals surface area contributed by atoms with Crippen molar-refractivity contribution in [3.05, 3.63) is 18.6 Å². The van der Waals surface area contributed by atoms with Gasteiger partial charge in [0.15, 0.2) is 0 Å². The average Bonchev–Trinajstić information content (AvgIpc) is 2.15. The van der Waals surface area contributed by atoms with Crippen molar-refractivity contribution < 1.29 is 0 Å². The second-order valence-corrected chi connectivity index (χ2v) is 4.56. The fourth-order valence-corrected chi connectivity index (χ4v) is 2.20. The lowest BCUT2D eigenvalue weighted by molar-refractivity contribution is 0.305. The molecule has 13 heavy (non-hydrogen) atoms. The lowest BCUT2D eigenvalue weighted by atomic mass is 9.80. The van der Waals surface area contributed by atoms with Crippen molar-refractivity contribution in [2.45, 2.75) is 52.4 Å². The first-order valence-electron chi connectivity index (χ1n) is 5.69. The maximum atomic E-state index is 3.90. The minimum atomic E-state index is 0.908. The van der Waals surface area contributed by atoms with E-state index < -0.39 is 0 Å². The zero-order chi connectivity index (χ0) is 9.68. The van der Waals surface area contributed by atoms with Gasteiger partial charge in [0.1, 0.15) is 0 Å². The summed E-state index contributed by atoms with van der Waals surface area (Å²) < 4.78 is 0. The second-order valence-electron chi connectivity index (χ2n) is 4.56. The van der Waals surface area contributed by atoms with E-state index in [-0.39, 0.29) is 0 Å². The van der Waals surface area contributed by atoms with E-state index in [1.165, 1.54) is 32.1 Å². The van der Waals surface area contributed by atoms with E-state index in [1.54, 1.807) is 5.57 Å². The molecule has 1 radical (unpaired) electrons. The number of rotatable bonds is 4. The molecule has 0 bridgehead atoms. The Labute approximate surface area is 83.4 Å². The van der Waals surface area contributed by atoms with Crippen molar-refractivity contribution in [3.63, 3.8) is 0 Å². The van der Waals surface area contributed by atoms with Crippen LogP contribution in [0.3, 0.4) is 0 Å². The highest BCUT2D eigenvalue weighted by molar-refractivity contribution is 5.03. The predicted octanol–water partition coefficient (Wildman–Crippen LogP) is 4.37. The van der Waals surface area contributed by atoms with Gasteiger partial charge in [-0.15, -0.1) is 0 Å². The number of unbranched alkanes of at least 4 members (excludes halogenated alkanes) is 1. The molecule has 1 rings (SSSR count). The van der Waals surface area contributed by atoms with Crippen molar-refractivity contribution in [1.82, 2.24) is 0 Å². The van der Waals surface area contributed by atoms with Crippen LogP contribution >= 0.6 is 0 Å². The Morgan fingerprint density at radius 1 is 1.62 bits per heavy atom. The molecule has 0 nitrogen and oxygen atoms in total. The Morgan fingerprint density at radius 2 is 2.38 bits per heavy atom. The Hall–Kier alpha value is -0.260. The molecule has 0 heterocycles. The lowest BCUT2D eigenvalue weighted by Crippen LogP contribution is -2.14. The van der Waals surface area contributed by atoms with Gasteiger partial charge in [0.25, 0.3) is 0 Å². The van der Waals surface area contributed by atoms with Gasteiger partial charge in [-0.3, -0.25) is 0 Å². The maximum Gasteiger partial charge on any atom is -0.0317 e. The minimum absolute atomic E-state index is 0.908. The third-order valence-electron chi connectivity index (χ3n) is 3.39. The normalized spacial score (nSPS) is 25.5. The molecule has 0 aliphatic heterocycles. The van der Waals surface area contributed by atoms with Crippen LogP contribution < -0.4 is 0 Å². The van der Waals surface area contributed by atoms with Crippen LogP contribution in [0.1, 0.15) is 52.4 Å². The highest BCUT2D eigenvalue weighted by atomic mass is 14.2. The molecule has 0 saturated heterocycles. The van der Waals surface area contributed by atoms with Crippen LogP contribution in [-0.4, -0.2) is 0 Å². The molecule has 0 aromatic rings. The second kappa shape index (κ2) is 5.47. The molecule has 0 N–H and O–H groups in total. The van der Waals surface area contributed by atoms with Gasteiger partial charge in [-0.05, 0) is 38.0 Å². The summed E-state index contributed by atoms with van der Waals surface area (Å²) in [4.78, 5) is 0. The number of allylic oxidation sites excluding steroid dienone is 2. The smallest absolute Gasteiger partial charge is 0.0317 e. The van der Waals surface area contributed by atoms with Gasteiger partial charge in [0.2, 0.25) is 0 Å². The van der Waals surface area contributed by atoms with Gasteiger partial charge < -0.3 is 0 Å². The fraction of sp³-hybridized carbons (Fsp3) is 0.769. The first-order chi connectivity index (χ1) is 6.24. The Kier molecular flexibility index (Phi) is 4.55. The third kappa shape index (κ3) is 3.54. The first kappa shape index (κ1) is 10.8. The van der Waals surface area contributed by atoms with E-state index >= 15 is 0 Å². The summed E-state index contributed by atoms with van der Waals surface area (Å²) in [5, 5.41) is 0. The first-order valence-corrected chi connectivity index (χ1v) is 5.69. The minimum Gasteiger partial charge on any atom is -0.0853 e. The highest BCUT2D eigenvalue weighted by Crippen LogP contribution is 2.31. The summed E-state index contributed by atoms with van der Waals surface area (Å²) in [6.07, 6.45) is 10.3. The summed E-state index contributed by atoms with van der Waals surface area (Å²) in [6, 6.07) is 0. The van der Waals surface area contributed by atoms with Gasteiger partial charge in [-0.25, -0.2) is 0 Å². The summed E-state index contributed by atoms with van der Waals surface area (Å²) in [5.74, 6) is 1.86. The van der Waals surface area contributed by atoms with E-state index in [2.05, 4.69) is 26.8 Å². The summed E-state index contributed by atoms with van der Waals surface area (Å²) >= 11 is 0. The molecule has 0 amide bonds. The maximum absolute atomic E-state index is 3.90. The molecule has 0 spiro atoms. The molecule has 0 saturated carbocycles. The summed E-state index contributed by atoms with van der Waals surface area (Å²) in [7, 11) is 0. The zero-order valence-electron chi connectivity index (χ0n) is 9.18. The van der Waals surface area contributed by atoms with Gasteiger partial charge in [0, 0.05) is 0 Å². The van der Waals surface area contributed by atoms with E-state index in [0.717, 1.165) is 18.3 Å². The van der Waals surface area contributed by atoms with Gasteiger partial charge in [0.05, 0.1) is 0 Å². The van der Waals surface area contributed by atoms with Crippen LogP contribution in [0.4, 0.5) is 0 Å². The van der Waals surface area contributed by atoms with Crippen molar-refractivity contribution in [3.8, 4) is 0 Å². The van der Waals surface area contributed by atoms with Gasteiger partial charge in [-0.2, -0.15) is 0 Å². The highest BCUT2D eigenvalue weighted by Gasteiger charge is 2.18. The van der Waals surface area contributed by atoms with Crippen LogP contribution in [0.15, 0.2) is 11.6 Å². The fourth-order valence-electron chi connectivity index (χ4n) is 2.20. The van der Waals surface area contributed by atoms with E-state index in [9.17, 15) is 0 Å². The molecular weight excluding hydrogens is 156 g/mol. The molecule has 2 unspecified atom stereocenters. The monoisotopic (exact) mass is 179 g/mol. The molecule has 1 aliphatic rings. The van der Waals surface area contributed by atoms with Crippen molar-refractivity contribution in [1.29, 1.82) is 0 Å². The van der Waals surface area contributed by atoms with Crippen molar-refractivity contribution in [2.75, 3.05) is 0 Å². The quantitative estimate of drug-likeness (QED) is 0.562. The molecule has 0 heteroatoms. The summed E-state index contributed by atoms with van der Waals surface area (Å²) in [5.41, 5.74) is 1.60. The molecule has 1 aliphatic carbocycles. The number of hydrogen-bond donors (Lipinski definition) is 0. The van der Waals surface area contributed by atoms with E-state index in [0.29, 0.717) is 0 Å². The molecule has 2 atom stereocenters. The summed E-state index contributed by atoms with van der Waals surface area (Å²) in [6.45, 7) is 8.58. The Balaban J connectivity index is 2.28. The SMILES string of the molecule is [CH2]CCCC(C)C1CC=C(C)CC1. The Morgan fingerprint density at radius 3 is 2.92 bits per heavy atom. The average molecular weight is 179 g/mol. The van der Waals surface area contributed by atoms with Gasteiger partial charge >= 0.3 is 0 Å². The van der Waals surface area contributed by atoms with Crippen LogP contribution in [0.2, 0.25) is 0 Å². The Bertz CT molecular complexity index is 167. The van der Waals surface area contributed by atoms with Gasteiger partial charge in [-0.1, -0.05) is 44.8 Å². The number of hydrogen-bond acceptors (Lipinski definition) is 0. The van der Waals surface area contributed by atoms with E-state index in [1.807, 2.05) is 0 Å². The van der Waals surface area contributed by atoms with Crippen LogP contribution in [0, 0.1) is 18.8 Å². The topological polar surface area (TPSA) is 0 Å². The molecule has 0 aromatic heterocycles. The molecule has 0 aromatic carbocycles. The zero-order valence-corrected chi connectivity index (χ0v) is 9.18. The largest absolute Gasteiger partial charge is 0.0853 e. The lowest BCUT2D eigenvalue weighted by Gasteiger charge is -2.26. The van der Waals surface area contributed by atoms with Crippen LogP contribution in [0.5, 0.6) is 0 Å². The molecule has 0 fully saturated rings. The molecule has 75 valence electrons.